The number of ether oxygens (including phenoxy) is 1. The first-order chi connectivity index (χ1) is 9.51. The second-order valence-electron chi connectivity index (χ2n) is 4.76. The number of halogens is 1. The van der Waals surface area contributed by atoms with Gasteiger partial charge in [0.2, 0.25) is 0 Å². The molecule has 0 spiro atoms. The number of aliphatic carboxylic acids is 1. The molecule has 2 rings (SSSR count). The van der Waals surface area contributed by atoms with E-state index in [0.29, 0.717) is 26.1 Å². The molecule has 5 nitrogen and oxygen atoms in total. The Balaban J connectivity index is 2.18. The van der Waals surface area contributed by atoms with E-state index in [1.165, 1.54) is 19.2 Å². The van der Waals surface area contributed by atoms with Gasteiger partial charge in [-0.25, -0.2) is 9.18 Å². The monoisotopic (exact) mass is 281 g/mol. The van der Waals surface area contributed by atoms with E-state index in [1.807, 2.05) is 4.90 Å². The molecule has 0 radical (unpaired) electrons. The summed E-state index contributed by atoms with van der Waals surface area (Å²) < 4.78 is 18.3. The number of methoxy groups -OCH3 is 1. The molecule has 0 saturated heterocycles. The van der Waals surface area contributed by atoms with Crippen molar-refractivity contribution >= 4 is 11.9 Å². The Bertz CT molecular complexity index is 544. The summed E-state index contributed by atoms with van der Waals surface area (Å²) in [4.78, 5) is 24.0. The highest BCUT2D eigenvalue weighted by Crippen LogP contribution is 2.23. The molecule has 0 aliphatic carbocycles. The summed E-state index contributed by atoms with van der Waals surface area (Å²) in [5.41, 5.74) is 1.64. The lowest BCUT2D eigenvalue weighted by Gasteiger charge is -2.28. The minimum atomic E-state index is -0.842. The molecule has 0 unspecified atom stereocenters. The minimum Gasteiger partial charge on any atom is -0.481 e. The van der Waals surface area contributed by atoms with Gasteiger partial charge < -0.3 is 9.84 Å². The van der Waals surface area contributed by atoms with Crippen LogP contribution < -0.4 is 0 Å². The first-order valence-electron chi connectivity index (χ1n) is 6.35. The smallest absolute Gasteiger partial charge is 0.340 e. The topological polar surface area (TPSA) is 66.8 Å². The zero-order chi connectivity index (χ0) is 14.7. The predicted octanol–water partition coefficient (Wildman–Crippen LogP) is 1.45. The van der Waals surface area contributed by atoms with Crippen LogP contribution in [0.25, 0.3) is 0 Å². The van der Waals surface area contributed by atoms with Crippen LogP contribution in [0.2, 0.25) is 0 Å². The van der Waals surface area contributed by atoms with Gasteiger partial charge in [0.25, 0.3) is 0 Å². The molecule has 1 aliphatic rings. The zero-order valence-electron chi connectivity index (χ0n) is 11.2. The number of rotatable bonds is 4. The van der Waals surface area contributed by atoms with Gasteiger partial charge in [0.05, 0.1) is 19.1 Å². The third-order valence-corrected chi connectivity index (χ3v) is 3.43. The van der Waals surface area contributed by atoms with Crippen molar-refractivity contribution in [1.82, 2.24) is 4.90 Å². The van der Waals surface area contributed by atoms with E-state index in [1.54, 1.807) is 0 Å². The highest BCUT2D eigenvalue weighted by atomic mass is 19.1. The van der Waals surface area contributed by atoms with E-state index in [4.69, 9.17) is 5.11 Å². The van der Waals surface area contributed by atoms with Crippen LogP contribution in [0.5, 0.6) is 0 Å². The fourth-order valence-electron chi connectivity index (χ4n) is 2.35. The first-order valence-corrected chi connectivity index (χ1v) is 6.35. The van der Waals surface area contributed by atoms with Gasteiger partial charge in [-0.2, -0.15) is 0 Å². The highest BCUT2D eigenvalue weighted by Gasteiger charge is 2.21. The quantitative estimate of drug-likeness (QED) is 0.846. The van der Waals surface area contributed by atoms with Crippen molar-refractivity contribution in [1.29, 1.82) is 0 Å². The maximum Gasteiger partial charge on any atom is 0.340 e. The van der Waals surface area contributed by atoms with Gasteiger partial charge in [0, 0.05) is 19.6 Å². The van der Waals surface area contributed by atoms with Crippen LogP contribution in [-0.2, 0) is 22.5 Å². The van der Waals surface area contributed by atoms with Crippen LogP contribution in [0.3, 0.4) is 0 Å². The third kappa shape index (κ3) is 3.14. The number of carboxylic acid groups (broad SMARTS) is 1. The first kappa shape index (κ1) is 14.5. The fourth-order valence-corrected chi connectivity index (χ4v) is 2.35. The molecule has 1 aliphatic heterocycles. The molecule has 1 aromatic rings. The van der Waals surface area contributed by atoms with Crippen LogP contribution in [0.1, 0.15) is 27.9 Å². The molecule has 1 N–H and O–H groups in total. The number of hydrogen-bond donors (Lipinski definition) is 1. The Kier molecular flexibility index (Phi) is 4.34. The van der Waals surface area contributed by atoms with Crippen molar-refractivity contribution in [3.05, 3.63) is 34.6 Å². The lowest BCUT2D eigenvalue weighted by Crippen LogP contribution is -2.32. The molecule has 0 saturated carbocycles. The largest absolute Gasteiger partial charge is 0.481 e. The van der Waals surface area contributed by atoms with Gasteiger partial charge in [-0.05, 0) is 29.7 Å². The van der Waals surface area contributed by atoms with Gasteiger partial charge in [-0.3, -0.25) is 9.69 Å². The SMILES string of the molecule is COC(=O)c1cc2c(cc1F)CCN(CCC(=O)O)C2. The molecule has 1 heterocycles. The molecule has 0 fully saturated rings. The van der Waals surface area contributed by atoms with Gasteiger partial charge in [-0.15, -0.1) is 0 Å². The molecule has 0 aromatic heterocycles. The standard InChI is InChI=1S/C14H16FNO4/c1-20-14(19)11-6-10-8-16(5-3-13(17)18)4-2-9(10)7-12(11)15/h6-7H,2-5,8H2,1H3,(H,17,18). The van der Waals surface area contributed by atoms with Gasteiger partial charge in [0.15, 0.2) is 0 Å². The molecule has 1 aromatic carbocycles. The van der Waals surface area contributed by atoms with Gasteiger partial charge in [-0.1, -0.05) is 0 Å². The Hall–Kier alpha value is -1.95. The van der Waals surface area contributed by atoms with E-state index < -0.39 is 17.8 Å². The lowest BCUT2D eigenvalue weighted by molar-refractivity contribution is -0.137. The number of carboxylic acids is 1. The van der Waals surface area contributed by atoms with E-state index >= 15 is 0 Å². The summed E-state index contributed by atoms with van der Waals surface area (Å²) in [7, 11) is 1.21. The van der Waals surface area contributed by atoms with Gasteiger partial charge in [0.1, 0.15) is 5.82 Å². The van der Waals surface area contributed by atoms with E-state index in [9.17, 15) is 14.0 Å². The third-order valence-electron chi connectivity index (χ3n) is 3.43. The molecule has 20 heavy (non-hydrogen) atoms. The predicted molar refractivity (Wildman–Crippen MR) is 69.0 cm³/mol. The van der Waals surface area contributed by atoms with Crippen molar-refractivity contribution < 1.29 is 23.8 Å². The Labute approximate surface area is 116 Å². The summed E-state index contributed by atoms with van der Waals surface area (Å²) in [5.74, 6) is -2.12. The fraction of sp³-hybridized carbons (Fsp3) is 0.429. The van der Waals surface area contributed by atoms with Crippen LogP contribution in [0.4, 0.5) is 4.39 Å². The van der Waals surface area contributed by atoms with Crippen molar-refractivity contribution in [3.8, 4) is 0 Å². The van der Waals surface area contributed by atoms with E-state index in [2.05, 4.69) is 4.74 Å². The van der Waals surface area contributed by atoms with Crippen LogP contribution in [0, 0.1) is 5.82 Å². The Morgan fingerprint density at radius 1 is 1.40 bits per heavy atom. The summed E-state index contributed by atoms with van der Waals surface area (Å²) in [5, 5.41) is 8.69. The van der Waals surface area contributed by atoms with Crippen LogP contribution >= 0.6 is 0 Å². The number of esters is 1. The number of hydrogen-bond acceptors (Lipinski definition) is 4. The lowest BCUT2D eigenvalue weighted by atomic mass is 9.96. The maximum absolute atomic E-state index is 13.8. The molecule has 6 heteroatoms. The number of benzene rings is 1. The second kappa shape index (κ2) is 6.00. The van der Waals surface area contributed by atoms with E-state index in [0.717, 1.165) is 11.1 Å². The van der Waals surface area contributed by atoms with Crippen LogP contribution in [0.15, 0.2) is 12.1 Å². The summed E-state index contributed by atoms with van der Waals surface area (Å²) in [6, 6.07) is 2.87. The number of fused-ring (bicyclic) bond motifs is 1. The second-order valence-corrected chi connectivity index (χ2v) is 4.76. The molecule has 0 atom stereocenters. The minimum absolute atomic E-state index is 0.0698. The molecular weight excluding hydrogens is 265 g/mol. The number of carbonyl (C=O) groups excluding carboxylic acids is 1. The molecular formula is C14H16FNO4. The molecule has 0 bridgehead atoms. The highest BCUT2D eigenvalue weighted by molar-refractivity contribution is 5.90. The van der Waals surface area contributed by atoms with Crippen molar-refractivity contribution in [3.63, 3.8) is 0 Å². The maximum atomic E-state index is 13.8. The Morgan fingerprint density at radius 2 is 2.15 bits per heavy atom. The zero-order valence-corrected chi connectivity index (χ0v) is 11.2. The molecule has 108 valence electrons. The average molecular weight is 281 g/mol. The average Bonchev–Trinajstić information content (AvgIpc) is 2.43. The van der Waals surface area contributed by atoms with Crippen molar-refractivity contribution in [2.75, 3.05) is 20.2 Å². The normalized spacial score (nSPS) is 14.7. The van der Waals surface area contributed by atoms with E-state index in [-0.39, 0.29) is 12.0 Å². The summed E-state index contributed by atoms with van der Waals surface area (Å²) in [6.45, 7) is 1.66. The number of nitrogens with zero attached hydrogens (tertiary/aromatic N) is 1. The van der Waals surface area contributed by atoms with Crippen molar-refractivity contribution in [2.45, 2.75) is 19.4 Å². The Morgan fingerprint density at radius 3 is 2.80 bits per heavy atom. The number of carbonyl (C=O) groups is 2. The summed E-state index contributed by atoms with van der Waals surface area (Å²) in [6.07, 6.45) is 0.716. The summed E-state index contributed by atoms with van der Waals surface area (Å²) >= 11 is 0. The van der Waals surface area contributed by atoms with Gasteiger partial charge >= 0.3 is 11.9 Å². The van der Waals surface area contributed by atoms with Crippen LogP contribution in [-0.4, -0.2) is 42.1 Å². The van der Waals surface area contributed by atoms with Crippen molar-refractivity contribution in [2.24, 2.45) is 0 Å². The molecule has 0 amide bonds.